The van der Waals surface area contributed by atoms with Crippen LogP contribution < -0.4 is 0 Å². The Morgan fingerprint density at radius 1 is 1.73 bits per heavy atom. The molecule has 0 aromatic carbocycles. The number of rotatable bonds is 1. The topological polar surface area (TPSA) is 34.9 Å². The molecule has 0 radical (unpaired) electrons. The normalized spacial score (nSPS) is 15.0. The van der Waals surface area contributed by atoms with Crippen LogP contribution in [0.5, 0.6) is 0 Å². The highest BCUT2D eigenvalue weighted by molar-refractivity contribution is 5.92. The Balaban J connectivity index is 2.42. The van der Waals surface area contributed by atoms with Crippen molar-refractivity contribution in [2.24, 2.45) is 0 Å². The molecule has 11 heavy (non-hydrogen) atoms. The summed E-state index contributed by atoms with van der Waals surface area (Å²) in [5.41, 5.74) is 1.81. The average molecular weight is 150 g/mol. The Bertz CT molecular complexity index is 280. The van der Waals surface area contributed by atoms with Crippen LogP contribution >= 0.6 is 0 Å². The van der Waals surface area contributed by atoms with Gasteiger partial charge in [-0.3, -0.25) is 9.48 Å². The Morgan fingerprint density at radius 2 is 2.55 bits per heavy atom. The van der Waals surface area contributed by atoms with Crippen LogP contribution in [0.15, 0.2) is 6.07 Å². The lowest BCUT2D eigenvalue weighted by molar-refractivity contribution is 0.101. The van der Waals surface area contributed by atoms with Crippen molar-refractivity contribution in [2.45, 2.75) is 26.3 Å². The van der Waals surface area contributed by atoms with Gasteiger partial charge in [0.25, 0.3) is 0 Å². The van der Waals surface area contributed by atoms with Gasteiger partial charge in [-0.25, -0.2) is 0 Å². The molecule has 0 bridgehead atoms. The Morgan fingerprint density at radius 3 is 3.18 bits per heavy atom. The zero-order valence-corrected chi connectivity index (χ0v) is 6.50. The van der Waals surface area contributed by atoms with E-state index in [0.717, 1.165) is 13.0 Å². The molecule has 0 saturated carbocycles. The molecule has 2 rings (SSSR count). The lowest BCUT2D eigenvalue weighted by Gasteiger charge is -1.89. The van der Waals surface area contributed by atoms with Gasteiger partial charge in [0.2, 0.25) is 0 Å². The highest BCUT2D eigenvalue weighted by Gasteiger charge is 2.14. The van der Waals surface area contributed by atoms with Gasteiger partial charge >= 0.3 is 0 Å². The van der Waals surface area contributed by atoms with Crippen molar-refractivity contribution >= 4 is 5.78 Å². The van der Waals surface area contributed by atoms with E-state index in [1.54, 1.807) is 6.92 Å². The molecular formula is C8H10N2O. The number of carbonyl (C=O) groups excluding carboxylic acids is 1. The van der Waals surface area contributed by atoms with E-state index in [2.05, 4.69) is 5.10 Å². The van der Waals surface area contributed by atoms with Gasteiger partial charge in [-0.1, -0.05) is 0 Å². The second-order valence-electron chi connectivity index (χ2n) is 2.90. The molecule has 1 aliphatic rings. The average Bonchev–Trinajstić information content (AvgIpc) is 2.40. The standard InChI is InChI=1S/C8H10N2O/c1-6(11)8-5-7-3-2-4-10(7)9-8/h5H,2-4H2,1H3. The molecule has 1 aromatic rings. The number of fused-ring (bicyclic) bond motifs is 1. The first-order valence-electron chi connectivity index (χ1n) is 3.85. The summed E-state index contributed by atoms with van der Waals surface area (Å²) in [5, 5.41) is 4.16. The monoisotopic (exact) mass is 150 g/mol. The largest absolute Gasteiger partial charge is 0.293 e. The molecule has 1 aromatic heterocycles. The first kappa shape index (κ1) is 6.58. The summed E-state index contributed by atoms with van der Waals surface area (Å²) in [6, 6.07) is 1.90. The van der Waals surface area contributed by atoms with Crippen molar-refractivity contribution in [3.63, 3.8) is 0 Å². The molecule has 0 spiro atoms. The van der Waals surface area contributed by atoms with E-state index in [4.69, 9.17) is 0 Å². The van der Waals surface area contributed by atoms with E-state index in [-0.39, 0.29) is 5.78 Å². The van der Waals surface area contributed by atoms with E-state index in [1.807, 2.05) is 10.7 Å². The summed E-state index contributed by atoms with van der Waals surface area (Å²) in [6.45, 7) is 2.53. The van der Waals surface area contributed by atoms with E-state index in [9.17, 15) is 4.79 Å². The van der Waals surface area contributed by atoms with Crippen LogP contribution in [0.2, 0.25) is 0 Å². The maximum atomic E-state index is 10.9. The summed E-state index contributed by atoms with van der Waals surface area (Å²) >= 11 is 0. The SMILES string of the molecule is CC(=O)c1cc2n(n1)CCC2. The van der Waals surface area contributed by atoms with Gasteiger partial charge in [0.1, 0.15) is 5.69 Å². The van der Waals surface area contributed by atoms with Gasteiger partial charge in [0, 0.05) is 19.2 Å². The number of aryl methyl sites for hydroxylation is 2. The molecular weight excluding hydrogens is 140 g/mol. The first-order valence-corrected chi connectivity index (χ1v) is 3.85. The molecule has 0 saturated heterocycles. The third-order valence-corrected chi connectivity index (χ3v) is 2.03. The number of ketones is 1. The number of hydrogen-bond acceptors (Lipinski definition) is 2. The van der Waals surface area contributed by atoms with Crippen molar-refractivity contribution in [3.05, 3.63) is 17.5 Å². The van der Waals surface area contributed by atoms with E-state index in [1.165, 1.54) is 12.1 Å². The van der Waals surface area contributed by atoms with Crippen molar-refractivity contribution in [3.8, 4) is 0 Å². The minimum absolute atomic E-state index is 0.0619. The van der Waals surface area contributed by atoms with Crippen LogP contribution in [0, 0.1) is 0 Å². The third-order valence-electron chi connectivity index (χ3n) is 2.03. The zero-order valence-electron chi connectivity index (χ0n) is 6.50. The van der Waals surface area contributed by atoms with Crippen LogP contribution in [0.4, 0.5) is 0 Å². The van der Waals surface area contributed by atoms with Gasteiger partial charge in [0.05, 0.1) is 0 Å². The van der Waals surface area contributed by atoms with Crippen LogP contribution in [-0.2, 0) is 13.0 Å². The molecule has 0 amide bonds. The molecule has 0 aliphatic carbocycles. The predicted molar refractivity (Wildman–Crippen MR) is 40.6 cm³/mol. The van der Waals surface area contributed by atoms with Crippen LogP contribution in [0.25, 0.3) is 0 Å². The molecule has 0 N–H and O–H groups in total. The van der Waals surface area contributed by atoms with Gasteiger partial charge < -0.3 is 0 Å². The van der Waals surface area contributed by atoms with Crippen molar-refractivity contribution in [2.75, 3.05) is 0 Å². The van der Waals surface area contributed by atoms with Gasteiger partial charge in [0.15, 0.2) is 5.78 Å². The summed E-state index contributed by atoms with van der Waals surface area (Å²) < 4.78 is 1.93. The molecule has 0 fully saturated rings. The molecule has 0 atom stereocenters. The molecule has 0 unspecified atom stereocenters. The predicted octanol–water partition coefficient (Wildman–Crippen LogP) is 1.03. The molecule has 1 aliphatic heterocycles. The Kier molecular flexibility index (Phi) is 1.31. The fraction of sp³-hybridized carbons (Fsp3) is 0.500. The van der Waals surface area contributed by atoms with Gasteiger partial charge in [-0.05, 0) is 18.9 Å². The fourth-order valence-corrected chi connectivity index (χ4v) is 1.43. The summed E-state index contributed by atoms with van der Waals surface area (Å²) in [5.74, 6) is 0.0619. The van der Waals surface area contributed by atoms with Crippen molar-refractivity contribution < 1.29 is 4.79 Å². The van der Waals surface area contributed by atoms with E-state index >= 15 is 0 Å². The van der Waals surface area contributed by atoms with E-state index in [0.29, 0.717) is 5.69 Å². The van der Waals surface area contributed by atoms with Gasteiger partial charge in [-0.15, -0.1) is 0 Å². The van der Waals surface area contributed by atoms with Crippen LogP contribution in [0.1, 0.15) is 29.5 Å². The highest BCUT2D eigenvalue weighted by atomic mass is 16.1. The van der Waals surface area contributed by atoms with Crippen molar-refractivity contribution in [1.82, 2.24) is 9.78 Å². The summed E-state index contributed by atoms with van der Waals surface area (Å²) in [4.78, 5) is 10.9. The molecule has 58 valence electrons. The molecule has 3 nitrogen and oxygen atoms in total. The minimum Gasteiger partial charge on any atom is -0.293 e. The zero-order chi connectivity index (χ0) is 7.84. The van der Waals surface area contributed by atoms with Crippen molar-refractivity contribution in [1.29, 1.82) is 0 Å². The lowest BCUT2D eigenvalue weighted by atomic mass is 10.2. The first-order chi connectivity index (χ1) is 5.27. The van der Waals surface area contributed by atoms with Gasteiger partial charge in [-0.2, -0.15) is 5.10 Å². The minimum atomic E-state index is 0.0619. The van der Waals surface area contributed by atoms with E-state index < -0.39 is 0 Å². The number of Topliss-reactive ketones (excluding diaryl/α,β-unsaturated/α-hetero) is 1. The quantitative estimate of drug-likeness (QED) is 0.560. The maximum absolute atomic E-state index is 10.9. The second-order valence-corrected chi connectivity index (χ2v) is 2.90. The number of aromatic nitrogens is 2. The summed E-state index contributed by atoms with van der Waals surface area (Å²) in [7, 11) is 0. The third kappa shape index (κ3) is 0.964. The number of carbonyl (C=O) groups is 1. The van der Waals surface area contributed by atoms with Crippen LogP contribution in [0.3, 0.4) is 0 Å². The Hall–Kier alpha value is -1.12. The Labute approximate surface area is 65.0 Å². The number of nitrogens with zero attached hydrogens (tertiary/aromatic N) is 2. The highest BCUT2D eigenvalue weighted by Crippen LogP contribution is 2.14. The molecule has 3 heteroatoms. The number of hydrogen-bond donors (Lipinski definition) is 0. The fourth-order valence-electron chi connectivity index (χ4n) is 1.43. The summed E-state index contributed by atoms with van der Waals surface area (Å²) in [6.07, 6.45) is 2.24. The smallest absolute Gasteiger partial charge is 0.179 e. The maximum Gasteiger partial charge on any atom is 0.179 e. The lowest BCUT2D eigenvalue weighted by Crippen LogP contribution is -1.98. The molecule has 2 heterocycles. The second kappa shape index (κ2) is 2.19. The van der Waals surface area contributed by atoms with Crippen LogP contribution in [-0.4, -0.2) is 15.6 Å².